The third kappa shape index (κ3) is 5.33. The van der Waals surface area contributed by atoms with E-state index in [-0.39, 0.29) is 5.91 Å². The molecule has 2 heterocycles. The average molecular weight is 413 g/mol. The van der Waals surface area contributed by atoms with Crippen molar-refractivity contribution >= 4 is 29.0 Å². The van der Waals surface area contributed by atoms with Crippen LogP contribution in [0, 0.1) is 0 Å². The van der Waals surface area contributed by atoms with Crippen LogP contribution >= 0.6 is 23.1 Å². The summed E-state index contributed by atoms with van der Waals surface area (Å²) < 4.78 is 2.01. The van der Waals surface area contributed by atoms with Crippen LogP contribution in [-0.2, 0) is 24.2 Å². The normalized spacial score (nSPS) is 10.8. The van der Waals surface area contributed by atoms with E-state index < -0.39 is 0 Å². The summed E-state index contributed by atoms with van der Waals surface area (Å²) in [7, 11) is 0. The second-order valence-corrected chi connectivity index (χ2v) is 8.17. The molecule has 1 aromatic carbocycles. The van der Waals surface area contributed by atoms with Crippen molar-refractivity contribution in [1.82, 2.24) is 20.1 Å². The van der Waals surface area contributed by atoms with E-state index in [1.165, 1.54) is 22.2 Å². The van der Waals surface area contributed by atoms with Crippen LogP contribution in [-0.4, -0.2) is 33.0 Å². The zero-order valence-electron chi connectivity index (χ0n) is 15.9. The van der Waals surface area contributed by atoms with E-state index in [1.807, 2.05) is 28.8 Å². The molecule has 3 aromatic rings. The average Bonchev–Trinajstić information content (AvgIpc) is 3.34. The predicted octanol–water partition coefficient (Wildman–Crippen LogP) is 4.21. The maximum atomic E-state index is 12.2. The van der Waals surface area contributed by atoms with E-state index in [0.717, 1.165) is 29.4 Å². The molecule has 146 valence electrons. The number of thiophene rings is 1. The van der Waals surface area contributed by atoms with Crippen molar-refractivity contribution < 1.29 is 4.79 Å². The van der Waals surface area contributed by atoms with Gasteiger partial charge in [0.2, 0.25) is 5.91 Å². The molecule has 1 N–H and O–H groups in total. The molecule has 0 unspecified atom stereocenters. The lowest BCUT2D eigenvalue weighted by molar-refractivity contribution is -0.118. The molecule has 5 nitrogen and oxygen atoms in total. The highest BCUT2D eigenvalue weighted by atomic mass is 32.2. The van der Waals surface area contributed by atoms with Crippen molar-refractivity contribution in [2.75, 3.05) is 12.3 Å². The molecule has 0 saturated heterocycles. The first kappa shape index (κ1) is 20.4. The molecule has 0 aliphatic rings. The largest absolute Gasteiger partial charge is 0.355 e. The highest BCUT2D eigenvalue weighted by molar-refractivity contribution is 7.99. The smallest absolute Gasteiger partial charge is 0.230 e. The molecular formula is C21H24N4OS2. The number of benzene rings is 1. The van der Waals surface area contributed by atoms with Crippen LogP contribution in [0.15, 0.2) is 59.6 Å². The monoisotopic (exact) mass is 412 g/mol. The standard InChI is InChI=1S/C21H24N4OS2/c1-3-12-25-20(17-13-18(4-2)27-14-17)23-24-21(25)28-15-19(26)22-11-10-16-8-6-5-7-9-16/h3,5-9,13-14H,1,4,10-12,15H2,2H3,(H,22,26). The maximum Gasteiger partial charge on any atom is 0.230 e. The van der Waals surface area contributed by atoms with Crippen molar-refractivity contribution in [2.45, 2.75) is 31.5 Å². The van der Waals surface area contributed by atoms with E-state index in [4.69, 9.17) is 0 Å². The van der Waals surface area contributed by atoms with E-state index >= 15 is 0 Å². The Kier molecular flexibility index (Phi) is 7.45. The van der Waals surface area contributed by atoms with Gasteiger partial charge in [-0.25, -0.2) is 0 Å². The van der Waals surface area contributed by atoms with Gasteiger partial charge in [-0.1, -0.05) is 55.1 Å². The van der Waals surface area contributed by atoms with E-state index in [9.17, 15) is 4.79 Å². The molecule has 0 aliphatic heterocycles. The molecule has 0 bridgehead atoms. The summed E-state index contributed by atoms with van der Waals surface area (Å²) in [5.74, 6) is 1.13. The summed E-state index contributed by atoms with van der Waals surface area (Å²) in [5.41, 5.74) is 2.28. The van der Waals surface area contributed by atoms with Crippen molar-refractivity contribution in [3.63, 3.8) is 0 Å². The fourth-order valence-corrected chi connectivity index (χ4v) is 4.35. The van der Waals surface area contributed by atoms with Crippen LogP contribution in [0.2, 0.25) is 0 Å². The highest BCUT2D eigenvalue weighted by Gasteiger charge is 2.16. The lowest BCUT2D eigenvalue weighted by Gasteiger charge is -2.07. The Bertz CT molecular complexity index is 918. The summed E-state index contributed by atoms with van der Waals surface area (Å²) in [6.45, 7) is 7.21. The molecule has 0 saturated carbocycles. The van der Waals surface area contributed by atoms with Gasteiger partial charge in [0, 0.05) is 28.9 Å². The number of amides is 1. The van der Waals surface area contributed by atoms with Gasteiger partial charge >= 0.3 is 0 Å². The molecular weight excluding hydrogens is 388 g/mol. The Labute approximate surface area is 173 Å². The van der Waals surface area contributed by atoms with Crippen LogP contribution in [0.3, 0.4) is 0 Å². The first-order valence-electron chi connectivity index (χ1n) is 9.26. The fourth-order valence-electron chi connectivity index (χ4n) is 2.76. The van der Waals surface area contributed by atoms with Gasteiger partial charge < -0.3 is 5.32 Å². The summed E-state index contributed by atoms with van der Waals surface area (Å²) in [6, 6.07) is 12.3. The first-order valence-corrected chi connectivity index (χ1v) is 11.1. The molecule has 0 aliphatic carbocycles. The van der Waals surface area contributed by atoms with Crippen LogP contribution in [0.5, 0.6) is 0 Å². The number of allylic oxidation sites excluding steroid dienone is 1. The van der Waals surface area contributed by atoms with Gasteiger partial charge in [-0.3, -0.25) is 9.36 Å². The number of nitrogens with zero attached hydrogens (tertiary/aromatic N) is 3. The van der Waals surface area contributed by atoms with Crippen LogP contribution in [0.1, 0.15) is 17.4 Å². The molecule has 0 radical (unpaired) electrons. The van der Waals surface area contributed by atoms with Crippen LogP contribution < -0.4 is 5.32 Å². The van der Waals surface area contributed by atoms with Crippen LogP contribution in [0.25, 0.3) is 11.4 Å². The predicted molar refractivity (Wildman–Crippen MR) is 117 cm³/mol. The molecule has 1 amide bonds. The van der Waals surface area contributed by atoms with Gasteiger partial charge in [-0.05, 0) is 24.5 Å². The van der Waals surface area contributed by atoms with E-state index in [1.54, 1.807) is 11.3 Å². The summed E-state index contributed by atoms with van der Waals surface area (Å²) in [5, 5.41) is 14.5. The van der Waals surface area contributed by atoms with E-state index in [2.05, 4.69) is 52.6 Å². The summed E-state index contributed by atoms with van der Waals surface area (Å²) >= 11 is 3.13. The minimum Gasteiger partial charge on any atom is -0.355 e. The quantitative estimate of drug-likeness (QED) is 0.400. The van der Waals surface area contributed by atoms with Gasteiger partial charge in [0.25, 0.3) is 0 Å². The number of aromatic nitrogens is 3. The Morgan fingerprint density at radius 3 is 2.86 bits per heavy atom. The number of aryl methyl sites for hydroxylation is 1. The highest BCUT2D eigenvalue weighted by Crippen LogP contribution is 2.28. The van der Waals surface area contributed by atoms with Gasteiger partial charge in [0.1, 0.15) is 0 Å². The topological polar surface area (TPSA) is 59.8 Å². The summed E-state index contributed by atoms with van der Waals surface area (Å²) in [6.07, 6.45) is 3.65. The molecule has 7 heteroatoms. The third-order valence-corrected chi connectivity index (χ3v) is 6.25. The number of thioether (sulfide) groups is 1. The Hall–Kier alpha value is -2.38. The first-order chi connectivity index (χ1) is 13.7. The van der Waals surface area contributed by atoms with Crippen LogP contribution in [0.4, 0.5) is 0 Å². The van der Waals surface area contributed by atoms with E-state index in [0.29, 0.717) is 18.8 Å². The zero-order valence-corrected chi connectivity index (χ0v) is 17.6. The number of carbonyl (C=O) groups is 1. The summed E-state index contributed by atoms with van der Waals surface area (Å²) in [4.78, 5) is 13.5. The molecule has 0 atom stereocenters. The number of hydrogen-bond donors (Lipinski definition) is 1. The van der Waals surface area contributed by atoms with Crippen molar-refractivity contribution in [2.24, 2.45) is 0 Å². The lowest BCUT2D eigenvalue weighted by Crippen LogP contribution is -2.27. The Morgan fingerprint density at radius 2 is 2.14 bits per heavy atom. The van der Waals surface area contributed by atoms with Gasteiger partial charge in [-0.15, -0.1) is 28.1 Å². The fraction of sp³-hybridized carbons (Fsp3) is 0.286. The maximum absolute atomic E-state index is 12.2. The van der Waals surface area contributed by atoms with Crippen molar-refractivity contribution in [1.29, 1.82) is 0 Å². The molecule has 28 heavy (non-hydrogen) atoms. The number of nitrogens with one attached hydrogen (secondary N) is 1. The molecule has 3 rings (SSSR count). The minimum atomic E-state index is -0.000522. The molecule has 2 aromatic heterocycles. The Morgan fingerprint density at radius 1 is 1.32 bits per heavy atom. The molecule has 0 spiro atoms. The number of rotatable bonds is 10. The zero-order chi connectivity index (χ0) is 19.8. The Balaban J connectivity index is 1.57. The SMILES string of the molecule is C=CCn1c(SCC(=O)NCCc2ccccc2)nnc1-c1csc(CC)c1. The minimum absolute atomic E-state index is 0.000522. The second-order valence-electron chi connectivity index (χ2n) is 6.23. The van der Waals surface area contributed by atoms with Crippen molar-refractivity contribution in [3.05, 3.63) is 64.9 Å². The molecule has 0 fully saturated rings. The van der Waals surface area contributed by atoms with Crippen molar-refractivity contribution in [3.8, 4) is 11.4 Å². The van der Waals surface area contributed by atoms with Gasteiger partial charge in [0.15, 0.2) is 11.0 Å². The number of carbonyl (C=O) groups excluding carboxylic acids is 1. The second kappa shape index (κ2) is 10.2. The lowest BCUT2D eigenvalue weighted by atomic mass is 10.1. The van der Waals surface area contributed by atoms with Gasteiger partial charge in [-0.2, -0.15) is 0 Å². The number of hydrogen-bond acceptors (Lipinski definition) is 5. The third-order valence-electron chi connectivity index (χ3n) is 4.20. The van der Waals surface area contributed by atoms with Gasteiger partial charge in [0.05, 0.1) is 5.75 Å².